The summed E-state index contributed by atoms with van der Waals surface area (Å²) < 4.78 is 0. The van der Waals surface area contributed by atoms with E-state index in [1.165, 1.54) is 12.0 Å². The van der Waals surface area contributed by atoms with Gasteiger partial charge in [-0.1, -0.05) is 26.0 Å². The van der Waals surface area contributed by atoms with Crippen LogP contribution in [0.15, 0.2) is 12.2 Å². The van der Waals surface area contributed by atoms with E-state index in [0.29, 0.717) is 18.3 Å². The molecule has 0 unspecified atom stereocenters. The molecule has 0 amide bonds. The van der Waals surface area contributed by atoms with Crippen molar-refractivity contribution >= 4 is 5.78 Å². The molecule has 3 atom stereocenters. The van der Waals surface area contributed by atoms with E-state index in [2.05, 4.69) is 20.4 Å². The number of allylic oxidation sites excluding steroid dienone is 1. The Morgan fingerprint density at radius 3 is 2.76 bits per heavy atom. The van der Waals surface area contributed by atoms with Gasteiger partial charge in [0.1, 0.15) is 5.78 Å². The highest BCUT2D eigenvalue weighted by Crippen LogP contribution is 2.56. The molecule has 2 saturated carbocycles. The Kier molecular flexibility index (Phi) is 3.44. The van der Waals surface area contributed by atoms with Crippen molar-refractivity contribution in [2.24, 2.45) is 23.2 Å². The molecular formula is C15H24O2. The molecule has 2 aliphatic carbocycles. The summed E-state index contributed by atoms with van der Waals surface area (Å²) in [5, 5.41) is 9.29. The summed E-state index contributed by atoms with van der Waals surface area (Å²) >= 11 is 0. The lowest BCUT2D eigenvalue weighted by Crippen LogP contribution is -2.46. The minimum atomic E-state index is -0.127. The van der Waals surface area contributed by atoms with Crippen LogP contribution < -0.4 is 0 Å². The van der Waals surface area contributed by atoms with Crippen molar-refractivity contribution in [1.29, 1.82) is 0 Å². The highest BCUT2D eigenvalue weighted by Gasteiger charge is 2.49. The summed E-state index contributed by atoms with van der Waals surface area (Å²) in [6.45, 7) is 8.73. The van der Waals surface area contributed by atoms with E-state index in [0.717, 1.165) is 19.3 Å². The molecule has 1 N–H and O–H groups in total. The molecule has 0 aromatic heterocycles. The van der Waals surface area contributed by atoms with Gasteiger partial charge in [0.05, 0.1) is 6.61 Å². The third kappa shape index (κ3) is 2.33. The molecular weight excluding hydrogens is 212 g/mol. The zero-order valence-corrected chi connectivity index (χ0v) is 11.0. The van der Waals surface area contributed by atoms with Crippen LogP contribution in [0.4, 0.5) is 0 Å². The maximum Gasteiger partial charge on any atom is 0.138 e. The lowest BCUT2D eigenvalue weighted by Gasteiger charge is -2.52. The van der Waals surface area contributed by atoms with E-state index >= 15 is 0 Å². The smallest absolute Gasteiger partial charge is 0.138 e. The SMILES string of the molecule is C=C1CCC[C@@H](CO)C(=O)C[C@H]2[C@H]1CC2(C)C. The summed E-state index contributed by atoms with van der Waals surface area (Å²) in [4.78, 5) is 12.1. The largest absolute Gasteiger partial charge is 0.396 e. The highest BCUT2D eigenvalue weighted by atomic mass is 16.3. The van der Waals surface area contributed by atoms with Gasteiger partial charge in [-0.05, 0) is 42.9 Å². The maximum absolute atomic E-state index is 12.1. The van der Waals surface area contributed by atoms with Crippen LogP contribution in [0, 0.1) is 23.2 Å². The van der Waals surface area contributed by atoms with Crippen molar-refractivity contribution < 1.29 is 9.90 Å². The fourth-order valence-corrected chi connectivity index (χ4v) is 3.59. The average Bonchev–Trinajstić information content (AvgIpc) is 2.31. The van der Waals surface area contributed by atoms with Crippen LogP contribution in [0.5, 0.6) is 0 Å². The van der Waals surface area contributed by atoms with E-state index in [4.69, 9.17) is 0 Å². The lowest BCUT2D eigenvalue weighted by atomic mass is 9.52. The summed E-state index contributed by atoms with van der Waals surface area (Å²) in [5.74, 6) is 1.14. The van der Waals surface area contributed by atoms with Crippen LogP contribution in [0.1, 0.15) is 46.0 Å². The Bertz CT molecular complexity index is 330. The van der Waals surface area contributed by atoms with Gasteiger partial charge in [0, 0.05) is 12.3 Å². The predicted octanol–water partition coefficient (Wildman–Crippen LogP) is 2.96. The minimum Gasteiger partial charge on any atom is -0.396 e. The molecule has 0 bridgehead atoms. The lowest BCUT2D eigenvalue weighted by molar-refractivity contribution is -0.129. The Balaban J connectivity index is 2.16. The number of ketones is 1. The van der Waals surface area contributed by atoms with Crippen molar-refractivity contribution in [3.8, 4) is 0 Å². The summed E-state index contributed by atoms with van der Waals surface area (Å²) in [7, 11) is 0. The molecule has 2 fully saturated rings. The topological polar surface area (TPSA) is 37.3 Å². The number of fused-ring (bicyclic) bond motifs is 1. The minimum absolute atomic E-state index is 0.0170. The first-order valence-electron chi connectivity index (χ1n) is 6.77. The van der Waals surface area contributed by atoms with Crippen LogP contribution in [0.25, 0.3) is 0 Å². The number of Topliss-reactive ketones (excluding diaryl/α,β-unsaturated/α-hetero) is 1. The first kappa shape index (κ1) is 12.8. The Morgan fingerprint density at radius 2 is 2.18 bits per heavy atom. The van der Waals surface area contributed by atoms with Crippen LogP contribution >= 0.6 is 0 Å². The Hall–Kier alpha value is -0.630. The standard InChI is InChI=1S/C15H24O2/c1-10-5-4-6-11(9-16)14(17)7-13-12(10)8-15(13,2)3/h11-13,16H,1,4-9H2,2-3H3/t11-,12-,13-/m0/s1. The molecule has 0 radical (unpaired) electrons. The normalized spacial score (nSPS) is 37.5. The first-order valence-corrected chi connectivity index (χ1v) is 6.77. The van der Waals surface area contributed by atoms with Crippen molar-refractivity contribution in [3.05, 3.63) is 12.2 Å². The van der Waals surface area contributed by atoms with Gasteiger partial charge in [0.25, 0.3) is 0 Å². The number of carbonyl (C=O) groups excluding carboxylic acids is 1. The second kappa shape index (κ2) is 4.56. The molecule has 2 heteroatoms. The van der Waals surface area contributed by atoms with Crippen LogP contribution in [0.2, 0.25) is 0 Å². The molecule has 0 aliphatic heterocycles. The average molecular weight is 236 g/mol. The van der Waals surface area contributed by atoms with E-state index in [1.807, 2.05) is 0 Å². The maximum atomic E-state index is 12.1. The van der Waals surface area contributed by atoms with E-state index in [9.17, 15) is 9.90 Å². The summed E-state index contributed by atoms with van der Waals surface area (Å²) in [5.41, 5.74) is 1.61. The fraction of sp³-hybridized carbons (Fsp3) is 0.800. The van der Waals surface area contributed by atoms with Gasteiger partial charge in [-0.25, -0.2) is 0 Å². The van der Waals surface area contributed by atoms with Gasteiger partial charge in [-0.3, -0.25) is 4.79 Å². The zero-order chi connectivity index (χ0) is 12.6. The monoisotopic (exact) mass is 236 g/mol. The molecule has 0 aromatic carbocycles. The number of hydrogen-bond donors (Lipinski definition) is 1. The van der Waals surface area contributed by atoms with Crippen LogP contribution in [0.3, 0.4) is 0 Å². The second-order valence-electron chi connectivity index (χ2n) is 6.51. The third-order valence-corrected chi connectivity index (χ3v) is 4.91. The fourth-order valence-electron chi connectivity index (χ4n) is 3.59. The van der Waals surface area contributed by atoms with Crippen LogP contribution in [-0.2, 0) is 4.79 Å². The number of aliphatic hydroxyl groups excluding tert-OH is 1. The second-order valence-corrected chi connectivity index (χ2v) is 6.51. The van der Waals surface area contributed by atoms with E-state index in [-0.39, 0.29) is 23.7 Å². The zero-order valence-electron chi connectivity index (χ0n) is 11.0. The third-order valence-electron chi connectivity index (χ3n) is 4.91. The van der Waals surface area contributed by atoms with Crippen LogP contribution in [-0.4, -0.2) is 17.5 Å². The number of aliphatic hydroxyl groups is 1. The highest BCUT2D eigenvalue weighted by molar-refractivity contribution is 5.81. The Morgan fingerprint density at radius 1 is 1.47 bits per heavy atom. The Labute approximate surface area is 104 Å². The van der Waals surface area contributed by atoms with Gasteiger partial charge in [-0.2, -0.15) is 0 Å². The number of hydrogen-bond acceptors (Lipinski definition) is 2. The molecule has 2 rings (SSSR count). The van der Waals surface area contributed by atoms with Crippen molar-refractivity contribution in [2.45, 2.75) is 46.0 Å². The molecule has 96 valence electrons. The van der Waals surface area contributed by atoms with Gasteiger partial charge >= 0.3 is 0 Å². The summed E-state index contributed by atoms with van der Waals surface area (Å²) in [6, 6.07) is 0. The predicted molar refractivity (Wildman–Crippen MR) is 68.6 cm³/mol. The summed E-state index contributed by atoms with van der Waals surface area (Å²) in [6.07, 6.45) is 4.67. The molecule has 0 aromatic rings. The quantitative estimate of drug-likeness (QED) is 0.711. The van der Waals surface area contributed by atoms with Crippen molar-refractivity contribution in [3.63, 3.8) is 0 Å². The molecule has 2 aliphatic rings. The van der Waals surface area contributed by atoms with E-state index < -0.39 is 0 Å². The van der Waals surface area contributed by atoms with E-state index in [1.54, 1.807) is 0 Å². The molecule has 2 nitrogen and oxygen atoms in total. The molecule has 17 heavy (non-hydrogen) atoms. The first-order chi connectivity index (χ1) is 7.95. The molecule has 0 saturated heterocycles. The van der Waals surface area contributed by atoms with Gasteiger partial charge in [0.15, 0.2) is 0 Å². The van der Waals surface area contributed by atoms with Gasteiger partial charge < -0.3 is 5.11 Å². The number of rotatable bonds is 1. The van der Waals surface area contributed by atoms with Gasteiger partial charge in [-0.15, -0.1) is 0 Å². The van der Waals surface area contributed by atoms with Gasteiger partial charge in [0.2, 0.25) is 0 Å². The van der Waals surface area contributed by atoms with Crippen molar-refractivity contribution in [2.75, 3.05) is 6.61 Å². The molecule has 0 spiro atoms. The van der Waals surface area contributed by atoms with Crippen molar-refractivity contribution in [1.82, 2.24) is 0 Å². The number of carbonyl (C=O) groups is 1. The molecule has 0 heterocycles.